The molecule has 2 N–H and O–H groups in total. The molecule has 1 unspecified atom stereocenters. The summed E-state index contributed by atoms with van der Waals surface area (Å²) in [4.78, 5) is 18.9. The van der Waals surface area contributed by atoms with Gasteiger partial charge in [-0.2, -0.15) is 0 Å². The van der Waals surface area contributed by atoms with Crippen molar-refractivity contribution in [3.8, 4) is 0 Å². The number of rotatable bonds is 5. The number of carbonyl (C=O) groups excluding carboxylic acids is 1. The van der Waals surface area contributed by atoms with Crippen LogP contribution in [0.1, 0.15) is 31.0 Å². The maximum absolute atomic E-state index is 11.7. The molecule has 0 saturated carbocycles. The summed E-state index contributed by atoms with van der Waals surface area (Å²) >= 11 is 0. The average molecular weight is 245 g/mol. The Morgan fingerprint density at radius 3 is 3.17 bits per heavy atom. The zero-order valence-electron chi connectivity index (χ0n) is 10.1. The molecule has 94 valence electrons. The Hall–Kier alpha value is -2.30. The maximum Gasteiger partial charge on any atom is 0.244 e. The van der Waals surface area contributed by atoms with Gasteiger partial charge in [0.05, 0.1) is 12.3 Å². The number of furan rings is 1. The van der Waals surface area contributed by atoms with E-state index < -0.39 is 0 Å². The van der Waals surface area contributed by atoms with Crippen LogP contribution in [0.3, 0.4) is 0 Å². The van der Waals surface area contributed by atoms with Crippen molar-refractivity contribution >= 4 is 12.0 Å². The minimum Gasteiger partial charge on any atom is -0.465 e. The molecule has 2 aromatic heterocycles. The fourth-order valence-corrected chi connectivity index (χ4v) is 1.60. The van der Waals surface area contributed by atoms with Crippen molar-refractivity contribution in [3.63, 3.8) is 0 Å². The zero-order chi connectivity index (χ0) is 12.8. The van der Waals surface area contributed by atoms with Gasteiger partial charge in [0.2, 0.25) is 5.91 Å². The maximum atomic E-state index is 11.7. The minimum absolute atomic E-state index is 0.103. The first-order valence-corrected chi connectivity index (χ1v) is 5.81. The SMILES string of the molecule is CCC(NC(=O)/C=C/c1ccco1)c1ncc[nH]1. The second-order valence-electron chi connectivity index (χ2n) is 3.79. The highest BCUT2D eigenvalue weighted by Gasteiger charge is 2.12. The lowest BCUT2D eigenvalue weighted by Crippen LogP contribution is -2.27. The van der Waals surface area contributed by atoms with E-state index in [2.05, 4.69) is 15.3 Å². The molecule has 2 rings (SSSR count). The molecule has 0 aliphatic heterocycles. The van der Waals surface area contributed by atoms with E-state index in [1.807, 2.05) is 6.92 Å². The predicted molar refractivity (Wildman–Crippen MR) is 67.5 cm³/mol. The second-order valence-corrected chi connectivity index (χ2v) is 3.79. The Kier molecular flexibility index (Phi) is 3.96. The number of nitrogens with one attached hydrogen (secondary N) is 2. The fraction of sp³-hybridized carbons (Fsp3) is 0.231. The Morgan fingerprint density at radius 1 is 1.67 bits per heavy atom. The van der Waals surface area contributed by atoms with Gasteiger partial charge in [-0.3, -0.25) is 4.79 Å². The lowest BCUT2D eigenvalue weighted by Gasteiger charge is -2.12. The lowest BCUT2D eigenvalue weighted by atomic mass is 10.2. The van der Waals surface area contributed by atoms with Gasteiger partial charge in [-0.25, -0.2) is 4.98 Å². The van der Waals surface area contributed by atoms with Gasteiger partial charge in [0.25, 0.3) is 0 Å². The number of H-pyrrole nitrogens is 1. The van der Waals surface area contributed by atoms with Crippen molar-refractivity contribution in [2.75, 3.05) is 0 Å². The monoisotopic (exact) mass is 245 g/mol. The van der Waals surface area contributed by atoms with Gasteiger partial charge in [-0.15, -0.1) is 0 Å². The molecule has 0 fully saturated rings. The quantitative estimate of drug-likeness (QED) is 0.794. The van der Waals surface area contributed by atoms with Crippen molar-refractivity contribution in [3.05, 3.63) is 48.5 Å². The normalized spacial score (nSPS) is 12.7. The molecule has 0 radical (unpaired) electrons. The fourth-order valence-electron chi connectivity index (χ4n) is 1.60. The highest BCUT2D eigenvalue weighted by Crippen LogP contribution is 2.11. The molecular weight excluding hydrogens is 230 g/mol. The molecule has 0 saturated heterocycles. The van der Waals surface area contributed by atoms with Crippen LogP contribution in [0.2, 0.25) is 0 Å². The summed E-state index contributed by atoms with van der Waals surface area (Å²) in [6.07, 6.45) is 8.82. The first kappa shape index (κ1) is 12.2. The number of aromatic amines is 1. The Bertz CT molecular complexity index is 500. The summed E-state index contributed by atoms with van der Waals surface area (Å²) in [5.41, 5.74) is 0. The molecule has 5 nitrogen and oxygen atoms in total. The number of amides is 1. The van der Waals surface area contributed by atoms with Crippen LogP contribution in [-0.2, 0) is 4.79 Å². The molecule has 0 bridgehead atoms. The van der Waals surface area contributed by atoms with E-state index in [9.17, 15) is 4.79 Å². The second kappa shape index (κ2) is 5.86. The van der Waals surface area contributed by atoms with Crippen LogP contribution >= 0.6 is 0 Å². The third-order valence-electron chi connectivity index (χ3n) is 2.52. The van der Waals surface area contributed by atoms with Gasteiger partial charge in [0.15, 0.2) is 0 Å². The van der Waals surface area contributed by atoms with Crippen LogP contribution in [0.4, 0.5) is 0 Å². The van der Waals surface area contributed by atoms with E-state index in [1.54, 1.807) is 36.9 Å². The number of carbonyl (C=O) groups is 1. The number of imidazole rings is 1. The van der Waals surface area contributed by atoms with Crippen molar-refractivity contribution in [1.82, 2.24) is 15.3 Å². The minimum atomic E-state index is -0.172. The molecule has 2 heterocycles. The van der Waals surface area contributed by atoms with Crippen molar-refractivity contribution in [1.29, 1.82) is 0 Å². The van der Waals surface area contributed by atoms with E-state index in [0.717, 1.165) is 12.2 Å². The van der Waals surface area contributed by atoms with Gasteiger partial charge in [0.1, 0.15) is 11.6 Å². The Balaban J connectivity index is 1.94. The Morgan fingerprint density at radius 2 is 2.56 bits per heavy atom. The highest BCUT2D eigenvalue weighted by atomic mass is 16.3. The highest BCUT2D eigenvalue weighted by molar-refractivity contribution is 5.91. The van der Waals surface area contributed by atoms with E-state index >= 15 is 0 Å². The smallest absolute Gasteiger partial charge is 0.244 e. The van der Waals surface area contributed by atoms with Gasteiger partial charge in [0, 0.05) is 18.5 Å². The molecule has 0 spiro atoms. The number of hydrogen-bond donors (Lipinski definition) is 2. The third-order valence-corrected chi connectivity index (χ3v) is 2.52. The van der Waals surface area contributed by atoms with Crippen LogP contribution < -0.4 is 5.32 Å². The van der Waals surface area contributed by atoms with Crippen LogP contribution in [0, 0.1) is 0 Å². The first-order chi connectivity index (χ1) is 8.79. The number of hydrogen-bond acceptors (Lipinski definition) is 3. The number of nitrogens with zero attached hydrogens (tertiary/aromatic N) is 1. The van der Waals surface area contributed by atoms with Crippen LogP contribution in [-0.4, -0.2) is 15.9 Å². The summed E-state index contributed by atoms with van der Waals surface area (Å²) < 4.78 is 5.10. The van der Waals surface area contributed by atoms with E-state index in [-0.39, 0.29) is 11.9 Å². The Labute approximate surface area is 105 Å². The molecule has 1 atom stereocenters. The van der Waals surface area contributed by atoms with Gasteiger partial charge in [-0.1, -0.05) is 6.92 Å². The van der Waals surface area contributed by atoms with Crippen LogP contribution in [0.15, 0.2) is 41.3 Å². The molecule has 0 aromatic carbocycles. The van der Waals surface area contributed by atoms with E-state index in [1.165, 1.54) is 6.08 Å². The number of aromatic nitrogens is 2. The summed E-state index contributed by atoms with van der Waals surface area (Å²) in [6.45, 7) is 1.99. The standard InChI is InChI=1S/C13H15N3O2/c1-2-11(13-14-7-8-15-13)16-12(17)6-5-10-4-3-9-18-10/h3-9,11H,2H2,1H3,(H,14,15)(H,16,17)/b6-5+. The topological polar surface area (TPSA) is 70.9 Å². The summed E-state index contributed by atoms with van der Waals surface area (Å²) in [5.74, 6) is 1.24. The average Bonchev–Trinajstić information content (AvgIpc) is 3.05. The molecule has 0 aliphatic carbocycles. The van der Waals surface area contributed by atoms with Crippen molar-refractivity contribution in [2.45, 2.75) is 19.4 Å². The van der Waals surface area contributed by atoms with E-state index in [4.69, 9.17) is 4.42 Å². The van der Waals surface area contributed by atoms with Crippen LogP contribution in [0.25, 0.3) is 6.08 Å². The van der Waals surface area contributed by atoms with Gasteiger partial charge in [-0.05, 0) is 24.6 Å². The molecular formula is C13H15N3O2. The molecule has 5 heteroatoms. The van der Waals surface area contributed by atoms with Gasteiger partial charge >= 0.3 is 0 Å². The molecule has 2 aromatic rings. The van der Waals surface area contributed by atoms with Crippen molar-refractivity contribution < 1.29 is 9.21 Å². The predicted octanol–water partition coefficient (Wildman–Crippen LogP) is 2.28. The van der Waals surface area contributed by atoms with E-state index in [0.29, 0.717) is 5.76 Å². The van der Waals surface area contributed by atoms with Gasteiger partial charge < -0.3 is 14.7 Å². The lowest BCUT2D eigenvalue weighted by molar-refractivity contribution is -0.117. The third kappa shape index (κ3) is 3.10. The largest absolute Gasteiger partial charge is 0.465 e. The molecule has 0 aliphatic rings. The first-order valence-electron chi connectivity index (χ1n) is 5.81. The zero-order valence-corrected chi connectivity index (χ0v) is 10.1. The summed E-state index contributed by atoms with van der Waals surface area (Å²) in [6, 6.07) is 3.46. The summed E-state index contributed by atoms with van der Waals surface area (Å²) in [7, 11) is 0. The van der Waals surface area contributed by atoms with Crippen LogP contribution in [0.5, 0.6) is 0 Å². The molecule has 1 amide bonds. The van der Waals surface area contributed by atoms with Crippen molar-refractivity contribution in [2.24, 2.45) is 0 Å². The summed E-state index contributed by atoms with van der Waals surface area (Å²) in [5, 5.41) is 2.87. The molecule has 18 heavy (non-hydrogen) atoms.